The number of fused-ring (bicyclic) bond motifs is 1. The molecule has 2 nitrogen and oxygen atoms in total. The van der Waals surface area contributed by atoms with Gasteiger partial charge in [0.1, 0.15) is 0 Å². The summed E-state index contributed by atoms with van der Waals surface area (Å²) in [5.74, 6) is 0. The number of thiophene rings is 1. The molecular weight excluding hydrogens is 240 g/mol. The Labute approximate surface area is 112 Å². The lowest BCUT2D eigenvalue weighted by molar-refractivity contribution is 0.392. The first kappa shape index (κ1) is 12.2. The van der Waals surface area contributed by atoms with Crippen LogP contribution in [-0.4, -0.2) is 25.7 Å². The van der Waals surface area contributed by atoms with Gasteiger partial charge in [-0.3, -0.25) is 0 Å². The molecule has 3 rings (SSSR count). The fraction of sp³-hybridized carbons (Fsp3) is 0.467. The van der Waals surface area contributed by atoms with Crippen LogP contribution in [0.15, 0.2) is 29.6 Å². The Kier molecular flexibility index (Phi) is 3.93. The molecule has 0 aliphatic carbocycles. The van der Waals surface area contributed by atoms with Gasteiger partial charge in [0.2, 0.25) is 0 Å². The molecule has 1 atom stereocenters. The van der Waals surface area contributed by atoms with Crippen molar-refractivity contribution in [1.82, 2.24) is 10.6 Å². The van der Waals surface area contributed by atoms with Gasteiger partial charge in [0, 0.05) is 17.3 Å². The first-order chi connectivity index (χ1) is 8.93. The smallest absolute Gasteiger partial charge is 0.0345 e. The summed E-state index contributed by atoms with van der Waals surface area (Å²) in [6.07, 6.45) is 3.76. The second kappa shape index (κ2) is 5.83. The fourth-order valence-corrected chi connectivity index (χ4v) is 3.66. The lowest BCUT2D eigenvalue weighted by Gasteiger charge is -2.23. The zero-order valence-electron chi connectivity index (χ0n) is 10.6. The molecule has 1 aromatic heterocycles. The lowest BCUT2D eigenvalue weighted by atomic mass is 10.1. The van der Waals surface area contributed by atoms with Crippen LogP contribution in [0.4, 0.5) is 0 Å². The van der Waals surface area contributed by atoms with Gasteiger partial charge in [0.15, 0.2) is 0 Å². The normalized spacial score (nSPS) is 20.3. The predicted octanol–water partition coefficient (Wildman–Crippen LogP) is 2.79. The van der Waals surface area contributed by atoms with Gasteiger partial charge in [-0.15, -0.1) is 11.3 Å². The van der Waals surface area contributed by atoms with E-state index < -0.39 is 0 Å². The van der Waals surface area contributed by atoms with Crippen LogP contribution in [0.5, 0.6) is 0 Å². The van der Waals surface area contributed by atoms with Crippen molar-refractivity contribution in [3.63, 3.8) is 0 Å². The van der Waals surface area contributed by atoms with Gasteiger partial charge in [-0.1, -0.05) is 18.2 Å². The summed E-state index contributed by atoms with van der Waals surface area (Å²) in [6, 6.07) is 9.38. The standard InChI is InChI=1S/C15H20N2S/c1-2-6-15-14(5-1)12(11-18-15)7-9-17-13-4-3-8-16-10-13/h1-2,5-6,11,13,16-17H,3-4,7-10H2. The molecule has 1 saturated heterocycles. The molecule has 2 heterocycles. The van der Waals surface area contributed by atoms with E-state index in [1.807, 2.05) is 11.3 Å². The molecule has 1 unspecified atom stereocenters. The number of rotatable bonds is 4. The maximum atomic E-state index is 3.67. The molecule has 3 heteroatoms. The maximum absolute atomic E-state index is 3.67. The first-order valence-electron chi connectivity index (χ1n) is 6.83. The Morgan fingerprint density at radius 1 is 1.33 bits per heavy atom. The zero-order chi connectivity index (χ0) is 12.2. The van der Waals surface area contributed by atoms with Crippen molar-refractivity contribution in [1.29, 1.82) is 0 Å². The Hall–Kier alpha value is -0.900. The van der Waals surface area contributed by atoms with E-state index in [-0.39, 0.29) is 0 Å². The summed E-state index contributed by atoms with van der Waals surface area (Å²) in [6.45, 7) is 3.41. The van der Waals surface area contributed by atoms with Gasteiger partial charge in [-0.2, -0.15) is 0 Å². The van der Waals surface area contributed by atoms with Crippen LogP contribution in [0.2, 0.25) is 0 Å². The Morgan fingerprint density at radius 3 is 3.17 bits per heavy atom. The molecule has 1 aliphatic heterocycles. The van der Waals surface area contributed by atoms with Crippen molar-refractivity contribution < 1.29 is 0 Å². The van der Waals surface area contributed by atoms with Gasteiger partial charge < -0.3 is 10.6 Å². The molecular formula is C15H20N2S. The summed E-state index contributed by atoms with van der Waals surface area (Å²) in [5, 5.41) is 10.9. The Morgan fingerprint density at radius 2 is 2.28 bits per heavy atom. The molecule has 0 amide bonds. The first-order valence-corrected chi connectivity index (χ1v) is 7.70. The van der Waals surface area contributed by atoms with Gasteiger partial charge >= 0.3 is 0 Å². The molecule has 0 spiro atoms. The van der Waals surface area contributed by atoms with Crippen molar-refractivity contribution in [3.05, 3.63) is 35.2 Å². The second-order valence-electron chi connectivity index (χ2n) is 5.00. The second-order valence-corrected chi connectivity index (χ2v) is 5.92. The Balaban J connectivity index is 1.56. The third-order valence-corrected chi connectivity index (χ3v) is 4.70. The summed E-state index contributed by atoms with van der Waals surface area (Å²) >= 11 is 1.86. The highest BCUT2D eigenvalue weighted by Crippen LogP contribution is 2.25. The third kappa shape index (κ3) is 2.74. The van der Waals surface area contributed by atoms with Crippen molar-refractivity contribution in [2.24, 2.45) is 0 Å². The number of benzene rings is 1. The molecule has 0 saturated carbocycles. The van der Waals surface area contributed by atoms with E-state index in [2.05, 4.69) is 40.3 Å². The van der Waals surface area contributed by atoms with Crippen LogP contribution in [0.1, 0.15) is 18.4 Å². The van der Waals surface area contributed by atoms with Gasteiger partial charge in [-0.25, -0.2) is 0 Å². The quantitative estimate of drug-likeness (QED) is 0.883. The van der Waals surface area contributed by atoms with Crippen LogP contribution in [0.25, 0.3) is 10.1 Å². The lowest BCUT2D eigenvalue weighted by Crippen LogP contribution is -2.43. The van der Waals surface area contributed by atoms with E-state index in [0.29, 0.717) is 6.04 Å². The van der Waals surface area contributed by atoms with Crippen LogP contribution in [-0.2, 0) is 6.42 Å². The summed E-state index contributed by atoms with van der Waals surface area (Å²) in [4.78, 5) is 0. The SMILES string of the molecule is c1ccc2c(CCNC3CCCNC3)csc2c1. The molecule has 2 aromatic rings. The summed E-state index contributed by atoms with van der Waals surface area (Å²) in [5.41, 5.74) is 1.49. The highest BCUT2D eigenvalue weighted by atomic mass is 32.1. The van der Waals surface area contributed by atoms with Crippen LogP contribution in [0.3, 0.4) is 0 Å². The van der Waals surface area contributed by atoms with E-state index >= 15 is 0 Å². The zero-order valence-corrected chi connectivity index (χ0v) is 11.4. The van der Waals surface area contributed by atoms with Crippen molar-refractivity contribution >= 4 is 21.4 Å². The highest BCUT2D eigenvalue weighted by molar-refractivity contribution is 7.17. The average Bonchev–Trinajstić information content (AvgIpc) is 2.84. The van der Waals surface area contributed by atoms with Gasteiger partial charge in [-0.05, 0) is 54.7 Å². The molecule has 1 fully saturated rings. The third-order valence-electron chi connectivity index (χ3n) is 3.69. The van der Waals surface area contributed by atoms with Crippen molar-refractivity contribution in [2.75, 3.05) is 19.6 Å². The van der Waals surface area contributed by atoms with E-state index in [1.54, 1.807) is 0 Å². The predicted molar refractivity (Wildman–Crippen MR) is 79.4 cm³/mol. The van der Waals surface area contributed by atoms with E-state index in [4.69, 9.17) is 0 Å². The number of piperidine rings is 1. The molecule has 0 radical (unpaired) electrons. The molecule has 18 heavy (non-hydrogen) atoms. The summed E-state index contributed by atoms with van der Waals surface area (Å²) < 4.78 is 1.41. The van der Waals surface area contributed by atoms with Gasteiger partial charge in [0.05, 0.1) is 0 Å². The topological polar surface area (TPSA) is 24.1 Å². The molecule has 0 bridgehead atoms. The number of nitrogens with one attached hydrogen (secondary N) is 2. The molecule has 1 aromatic carbocycles. The van der Waals surface area contributed by atoms with E-state index in [1.165, 1.54) is 35.0 Å². The minimum absolute atomic E-state index is 0.670. The summed E-state index contributed by atoms with van der Waals surface area (Å²) in [7, 11) is 0. The number of hydrogen-bond acceptors (Lipinski definition) is 3. The molecule has 2 N–H and O–H groups in total. The van der Waals surface area contributed by atoms with E-state index in [0.717, 1.165) is 19.5 Å². The van der Waals surface area contributed by atoms with Crippen molar-refractivity contribution in [3.8, 4) is 0 Å². The van der Waals surface area contributed by atoms with Gasteiger partial charge in [0.25, 0.3) is 0 Å². The largest absolute Gasteiger partial charge is 0.315 e. The fourth-order valence-electron chi connectivity index (χ4n) is 2.66. The van der Waals surface area contributed by atoms with Crippen LogP contribution >= 0.6 is 11.3 Å². The number of hydrogen-bond donors (Lipinski definition) is 2. The van der Waals surface area contributed by atoms with E-state index in [9.17, 15) is 0 Å². The van der Waals surface area contributed by atoms with Crippen LogP contribution in [0, 0.1) is 0 Å². The van der Waals surface area contributed by atoms with Crippen LogP contribution < -0.4 is 10.6 Å². The minimum Gasteiger partial charge on any atom is -0.315 e. The highest BCUT2D eigenvalue weighted by Gasteiger charge is 2.11. The molecule has 1 aliphatic rings. The minimum atomic E-state index is 0.670. The Bertz CT molecular complexity index is 500. The molecule has 96 valence electrons. The average molecular weight is 260 g/mol. The monoisotopic (exact) mass is 260 g/mol. The van der Waals surface area contributed by atoms with Crippen molar-refractivity contribution in [2.45, 2.75) is 25.3 Å². The maximum Gasteiger partial charge on any atom is 0.0345 e.